The molecule has 1 aliphatic rings. The van der Waals surface area contributed by atoms with Gasteiger partial charge in [0.25, 0.3) is 5.91 Å². The molecule has 2 atom stereocenters. The number of nitrogens with one attached hydrogen (secondary N) is 2. The van der Waals surface area contributed by atoms with Crippen molar-refractivity contribution >= 4 is 22.7 Å². The summed E-state index contributed by atoms with van der Waals surface area (Å²) in [4.78, 5) is 29.4. The molecule has 2 amide bonds. The zero-order valence-electron chi connectivity index (χ0n) is 21.0. The number of fused-ring (bicyclic) bond motifs is 1. The van der Waals surface area contributed by atoms with Gasteiger partial charge in [0.15, 0.2) is 0 Å². The molecule has 2 aromatic carbocycles. The Morgan fingerprint density at radius 2 is 1.92 bits per heavy atom. The highest BCUT2D eigenvalue weighted by Gasteiger charge is 2.35. The van der Waals surface area contributed by atoms with Crippen molar-refractivity contribution in [1.82, 2.24) is 20.9 Å². The number of ether oxygens (including phenoxy) is 1. The van der Waals surface area contributed by atoms with Crippen molar-refractivity contribution in [3.05, 3.63) is 71.4 Å². The van der Waals surface area contributed by atoms with E-state index in [-0.39, 0.29) is 30.2 Å². The van der Waals surface area contributed by atoms with Gasteiger partial charge in [-0.3, -0.25) is 25.2 Å². The number of carbonyl (C=O) groups excluding carboxylic acids is 2. The minimum Gasteiger partial charge on any atom is -0.489 e. The summed E-state index contributed by atoms with van der Waals surface area (Å²) >= 11 is 0. The molecule has 0 aliphatic carbocycles. The van der Waals surface area contributed by atoms with E-state index in [1.807, 2.05) is 42.3 Å². The Kier molecular flexibility index (Phi) is 8.18. The monoisotopic (exact) mass is 490 g/mol. The SMILES string of the molecule is Cc1cc(COc2ccc(C(=O)NN3CCC[C@H](CC(=O)NO)[C@H]3C(C)C)cc2)c2ccccc2n1. The van der Waals surface area contributed by atoms with Crippen molar-refractivity contribution in [2.45, 2.75) is 52.7 Å². The van der Waals surface area contributed by atoms with E-state index in [1.54, 1.807) is 29.7 Å². The van der Waals surface area contributed by atoms with Crippen molar-refractivity contribution in [3.8, 4) is 5.75 Å². The molecule has 1 saturated heterocycles. The third-order valence-electron chi connectivity index (χ3n) is 6.76. The lowest BCUT2D eigenvalue weighted by Crippen LogP contribution is -2.56. The molecule has 0 unspecified atom stereocenters. The number of hydrazine groups is 1. The molecule has 1 aromatic heterocycles. The fourth-order valence-corrected chi connectivity index (χ4v) is 5.21. The lowest BCUT2D eigenvalue weighted by atomic mass is 9.81. The van der Waals surface area contributed by atoms with Gasteiger partial charge in [0, 0.05) is 41.2 Å². The van der Waals surface area contributed by atoms with E-state index in [0.717, 1.165) is 35.0 Å². The normalized spacial score (nSPS) is 18.2. The summed E-state index contributed by atoms with van der Waals surface area (Å²) in [7, 11) is 0. The molecule has 0 bridgehead atoms. The average molecular weight is 491 g/mol. The number of rotatable bonds is 8. The largest absolute Gasteiger partial charge is 0.489 e. The van der Waals surface area contributed by atoms with E-state index in [1.165, 1.54) is 0 Å². The molecular weight excluding hydrogens is 456 g/mol. The van der Waals surface area contributed by atoms with Crippen LogP contribution in [0.1, 0.15) is 54.7 Å². The van der Waals surface area contributed by atoms with Crippen molar-refractivity contribution in [2.75, 3.05) is 6.54 Å². The van der Waals surface area contributed by atoms with Gasteiger partial charge in [0.1, 0.15) is 12.4 Å². The molecule has 0 spiro atoms. The zero-order valence-corrected chi connectivity index (χ0v) is 21.0. The first-order chi connectivity index (χ1) is 17.4. The maximum absolute atomic E-state index is 13.0. The van der Waals surface area contributed by atoms with Crippen molar-refractivity contribution in [2.24, 2.45) is 11.8 Å². The summed E-state index contributed by atoms with van der Waals surface area (Å²) in [6.45, 7) is 7.25. The van der Waals surface area contributed by atoms with E-state index in [0.29, 0.717) is 24.5 Å². The van der Waals surface area contributed by atoms with Crippen LogP contribution in [0.15, 0.2) is 54.6 Å². The smallest absolute Gasteiger partial charge is 0.265 e. The van der Waals surface area contributed by atoms with E-state index >= 15 is 0 Å². The van der Waals surface area contributed by atoms with Crippen LogP contribution in [0.4, 0.5) is 0 Å². The molecule has 4 rings (SSSR count). The van der Waals surface area contributed by atoms with Crippen LogP contribution in [0.2, 0.25) is 0 Å². The number of carbonyl (C=O) groups is 2. The van der Waals surface area contributed by atoms with Gasteiger partial charge in [-0.15, -0.1) is 0 Å². The predicted octanol–water partition coefficient (Wildman–Crippen LogP) is 4.40. The maximum atomic E-state index is 13.0. The van der Waals surface area contributed by atoms with Gasteiger partial charge >= 0.3 is 0 Å². The van der Waals surface area contributed by atoms with E-state index < -0.39 is 5.91 Å². The van der Waals surface area contributed by atoms with Gasteiger partial charge in [0.2, 0.25) is 5.91 Å². The minimum atomic E-state index is -0.399. The first-order valence-corrected chi connectivity index (χ1v) is 12.4. The summed E-state index contributed by atoms with van der Waals surface area (Å²) in [6, 6.07) is 17.2. The molecule has 8 nitrogen and oxygen atoms in total. The topological polar surface area (TPSA) is 104 Å². The number of hydrogen-bond acceptors (Lipinski definition) is 6. The highest BCUT2D eigenvalue weighted by Crippen LogP contribution is 2.30. The summed E-state index contributed by atoms with van der Waals surface area (Å²) in [5.41, 5.74) is 8.26. The van der Waals surface area contributed by atoms with E-state index in [2.05, 4.69) is 24.3 Å². The van der Waals surface area contributed by atoms with Gasteiger partial charge in [-0.2, -0.15) is 0 Å². The second-order valence-electron chi connectivity index (χ2n) is 9.76. The van der Waals surface area contributed by atoms with Crippen LogP contribution in [0.3, 0.4) is 0 Å². The molecular formula is C28H34N4O4. The first-order valence-electron chi connectivity index (χ1n) is 12.4. The standard InChI is InChI=1S/C28H34N4O4/c1-18(2)27-21(16-26(33)31-35)7-6-14-32(27)30-28(34)20-10-12-23(13-11-20)36-17-22-15-19(3)29-25-9-5-4-8-24(22)25/h4-5,8-13,15,18,21,27,35H,6-7,14,16-17H2,1-3H3,(H,30,34)(H,31,33)/t21-,27-/m1/s1. The fraction of sp³-hybridized carbons (Fsp3) is 0.393. The van der Waals surface area contributed by atoms with Crippen LogP contribution in [-0.2, 0) is 11.4 Å². The van der Waals surface area contributed by atoms with Gasteiger partial charge in [-0.1, -0.05) is 32.0 Å². The lowest BCUT2D eigenvalue weighted by Gasteiger charge is -2.43. The van der Waals surface area contributed by atoms with Crippen molar-refractivity contribution in [1.29, 1.82) is 0 Å². The number of amides is 2. The Balaban J connectivity index is 1.40. The number of piperidine rings is 1. The molecule has 0 saturated carbocycles. The van der Waals surface area contributed by atoms with Crippen LogP contribution in [0.25, 0.3) is 10.9 Å². The molecule has 3 aromatic rings. The minimum absolute atomic E-state index is 0.00116. The van der Waals surface area contributed by atoms with Crippen LogP contribution in [0, 0.1) is 18.8 Å². The summed E-state index contributed by atoms with van der Waals surface area (Å²) in [6.07, 6.45) is 1.97. The summed E-state index contributed by atoms with van der Waals surface area (Å²) in [5, 5.41) is 12.0. The molecule has 190 valence electrons. The van der Waals surface area contributed by atoms with Crippen LogP contribution >= 0.6 is 0 Å². The van der Waals surface area contributed by atoms with E-state index in [4.69, 9.17) is 9.94 Å². The van der Waals surface area contributed by atoms with Crippen molar-refractivity contribution in [3.63, 3.8) is 0 Å². The first kappa shape index (κ1) is 25.6. The van der Waals surface area contributed by atoms with E-state index in [9.17, 15) is 9.59 Å². The number of nitrogens with zero attached hydrogens (tertiary/aromatic N) is 2. The number of para-hydroxylation sites is 1. The number of benzene rings is 2. The average Bonchev–Trinajstić information content (AvgIpc) is 2.87. The molecule has 1 fully saturated rings. The number of hydroxylamine groups is 1. The Hall–Kier alpha value is -3.49. The molecule has 3 N–H and O–H groups in total. The quantitative estimate of drug-likeness (QED) is 0.319. The second-order valence-corrected chi connectivity index (χ2v) is 9.76. The molecule has 0 radical (unpaired) electrons. The molecule has 36 heavy (non-hydrogen) atoms. The zero-order chi connectivity index (χ0) is 25.7. The Bertz CT molecular complexity index is 1210. The van der Waals surface area contributed by atoms with Gasteiger partial charge in [0.05, 0.1) is 5.52 Å². The lowest BCUT2D eigenvalue weighted by molar-refractivity contribution is -0.131. The third-order valence-corrected chi connectivity index (χ3v) is 6.76. The Morgan fingerprint density at radius 1 is 1.17 bits per heavy atom. The highest BCUT2D eigenvalue weighted by molar-refractivity contribution is 5.94. The van der Waals surface area contributed by atoms with Crippen molar-refractivity contribution < 1.29 is 19.5 Å². The van der Waals surface area contributed by atoms with Crippen LogP contribution < -0.4 is 15.6 Å². The summed E-state index contributed by atoms with van der Waals surface area (Å²) in [5.74, 6) is 0.360. The highest BCUT2D eigenvalue weighted by atomic mass is 16.5. The number of pyridine rings is 1. The van der Waals surface area contributed by atoms with Gasteiger partial charge < -0.3 is 4.74 Å². The molecule has 1 aliphatic heterocycles. The van der Waals surface area contributed by atoms with Gasteiger partial charge in [-0.05, 0) is 68.0 Å². The molecule has 8 heteroatoms. The number of aromatic nitrogens is 1. The summed E-state index contributed by atoms with van der Waals surface area (Å²) < 4.78 is 6.02. The predicted molar refractivity (Wildman–Crippen MR) is 137 cm³/mol. The number of hydrogen-bond donors (Lipinski definition) is 3. The van der Waals surface area contributed by atoms with Crippen LogP contribution in [-0.4, -0.2) is 39.6 Å². The number of aryl methyl sites for hydroxylation is 1. The molecule has 2 heterocycles. The third kappa shape index (κ3) is 6.01. The Labute approximate surface area is 211 Å². The second kappa shape index (κ2) is 11.5. The fourth-order valence-electron chi connectivity index (χ4n) is 5.21. The van der Waals surface area contributed by atoms with Gasteiger partial charge in [-0.25, -0.2) is 10.5 Å². The van der Waals surface area contributed by atoms with Crippen LogP contribution in [0.5, 0.6) is 5.75 Å². The maximum Gasteiger partial charge on any atom is 0.265 e. The Morgan fingerprint density at radius 3 is 2.64 bits per heavy atom.